The Hall–Kier alpha value is -1.61. The predicted molar refractivity (Wildman–Crippen MR) is 52.1 cm³/mol. The van der Waals surface area contributed by atoms with Crippen LogP contribution in [-0.2, 0) is 6.61 Å². The first-order valence-electron chi connectivity index (χ1n) is 4.06. The number of para-hydroxylation sites is 1. The van der Waals surface area contributed by atoms with Gasteiger partial charge >= 0.3 is 0 Å². The van der Waals surface area contributed by atoms with E-state index in [2.05, 4.69) is 4.98 Å². The van der Waals surface area contributed by atoms with E-state index in [0.717, 1.165) is 10.9 Å². The SMILES string of the molecule is Nc1cc(CO)nc2ccccc12. The van der Waals surface area contributed by atoms with Gasteiger partial charge < -0.3 is 10.8 Å². The molecule has 0 aliphatic rings. The van der Waals surface area contributed by atoms with Gasteiger partial charge in [-0.15, -0.1) is 0 Å². The van der Waals surface area contributed by atoms with Crippen LogP contribution in [0.1, 0.15) is 5.69 Å². The normalized spacial score (nSPS) is 10.5. The van der Waals surface area contributed by atoms with Crippen molar-refractivity contribution in [3.63, 3.8) is 0 Å². The van der Waals surface area contributed by atoms with E-state index in [1.54, 1.807) is 6.07 Å². The molecule has 1 aromatic carbocycles. The quantitative estimate of drug-likeness (QED) is 0.685. The maximum absolute atomic E-state index is 8.90. The van der Waals surface area contributed by atoms with Crippen molar-refractivity contribution in [3.8, 4) is 0 Å². The fourth-order valence-corrected chi connectivity index (χ4v) is 1.34. The lowest BCUT2D eigenvalue weighted by Gasteiger charge is -2.03. The predicted octanol–water partition coefficient (Wildman–Crippen LogP) is 1.31. The molecule has 0 unspecified atom stereocenters. The Morgan fingerprint density at radius 3 is 2.85 bits per heavy atom. The summed E-state index contributed by atoms with van der Waals surface area (Å²) in [7, 11) is 0. The lowest BCUT2D eigenvalue weighted by atomic mass is 10.1. The summed E-state index contributed by atoms with van der Waals surface area (Å²) in [5.74, 6) is 0. The van der Waals surface area contributed by atoms with E-state index in [4.69, 9.17) is 10.8 Å². The molecule has 0 radical (unpaired) electrons. The third-order valence-corrected chi connectivity index (χ3v) is 1.96. The third kappa shape index (κ3) is 1.34. The summed E-state index contributed by atoms with van der Waals surface area (Å²) >= 11 is 0. The van der Waals surface area contributed by atoms with E-state index in [9.17, 15) is 0 Å². The first-order chi connectivity index (χ1) is 6.31. The van der Waals surface area contributed by atoms with E-state index in [0.29, 0.717) is 11.4 Å². The van der Waals surface area contributed by atoms with Gasteiger partial charge in [0.05, 0.1) is 17.8 Å². The molecule has 0 spiro atoms. The van der Waals surface area contributed by atoms with Gasteiger partial charge in [0, 0.05) is 11.1 Å². The number of nitrogen functional groups attached to an aromatic ring is 1. The van der Waals surface area contributed by atoms with Crippen molar-refractivity contribution in [2.24, 2.45) is 0 Å². The second-order valence-corrected chi connectivity index (χ2v) is 2.88. The molecular formula is C10H10N2O. The minimum Gasteiger partial charge on any atom is -0.398 e. The topological polar surface area (TPSA) is 59.1 Å². The van der Waals surface area contributed by atoms with Crippen LogP contribution in [-0.4, -0.2) is 10.1 Å². The molecule has 2 rings (SSSR count). The van der Waals surface area contributed by atoms with E-state index in [-0.39, 0.29) is 6.61 Å². The first kappa shape index (κ1) is 8.01. The van der Waals surface area contributed by atoms with Crippen molar-refractivity contribution in [1.29, 1.82) is 0 Å². The zero-order valence-electron chi connectivity index (χ0n) is 7.07. The molecule has 0 saturated heterocycles. The van der Waals surface area contributed by atoms with E-state index >= 15 is 0 Å². The minimum atomic E-state index is -0.0744. The molecule has 1 heterocycles. The van der Waals surface area contributed by atoms with Gasteiger partial charge in [0.15, 0.2) is 0 Å². The Morgan fingerprint density at radius 2 is 2.08 bits per heavy atom. The highest BCUT2D eigenvalue weighted by Crippen LogP contribution is 2.19. The molecule has 3 N–H and O–H groups in total. The number of rotatable bonds is 1. The summed E-state index contributed by atoms with van der Waals surface area (Å²) in [5, 5.41) is 9.83. The van der Waals surface area contributed by atoms with Gasteiger partial charge in [-0.25, -0.2) is 0 Å². The fraction of sp³-hybridized carbons (Fsp3) is 0.100. The monoisotopic (exact) mass is 174 g/mol. The number of aromatic nitrogens is 1. The number of anilines is 1. The van der Waals surface area contributed by atoms with Gasteiger partial charge in [0.25, 0.3) is 0 Å². The van der Waals surface area contributed by atoms with Crippen LogP contribution in [0, 0.1) is 0 Å². The highest BCUT2D eigenvalue weighted by molar-refractivity contribution is 5.90. The lowest BCUT2D eigenvalue weighted by molar-refractivity contribution is 0.277. The number of fused-ring (bicyclic) bond motifs is 1. The summed E-state index contributed by atoms with van der Waals surface area (Å²) in [6.45, 7) is -0.0744. The Morgan fingerprint density at radius 1 is 1.31 bits per heavy atom. The van der Waals surface area contributed by atoms with Crippen molar-refractivity contribution in [2.75, 3.05) is 5.73 Å². The molecule has 0 aliphatic heterocycles. The molecule has 13 heavy (non-hydrogen) atoms. The van der Waals surface area contributed by atoms with Gasteiger partial charge in [-0.3, -0.25) is 4.98 Å². The van der Waals surface area contributed by atoms with Crippen LogP contribution in [0.15, 0.2) is 30.3 Å². The highest BCUT2D eigenvalue weighted by Gasteiger charge is 2.00. The maximum Gasteiger partial charge on any atom is 0.0854 e. The van der Waals surface area contributed by atoms with E-state index in [1.807, 2.05) is 24.3 Å². The average molecular weight is 174 g/mol. The number of benzene rings is 1. The third-order valence-electron chi connectivity index (χ3n) is 1.96. The maximum atomic E-state index is 8.90. The van der Waals surface area contributed by atoms with Crippen molar-refractivity contribution >= 4 is 16.6 Å². The van der Waals surface area contributed by atoms with Crippen molar-refractivity contribution < 1.29 is 5.11 Å². The summed E-state index contributed by atoms with van der Waals surface area (Å²) in [6, 6.07) is 9.31. The Bertz CT molecular complexity index is 440. The van der Waals surface area contributed by atoms with E-state index in [1.165, 1.54) is 0 Å². The molecule has 0 amide bonds. The van der Waals surface area contributed by atoms with Gasteiger partial charge in [0.1, 0.15) is 0 Å². The number of hydrogen-bond donors (Lipinski definition) is 2. The first-order valence-corrected chi connectivity index (χ1v) is 4.06. The zero-order valence-corrected chi connectivity index (χ0v) is 7.07. The summed E-state index contributed by atoms with van der Waals surface area (Å²) in [5.41, 5.74) is 7.88. The molecule has 2 aromatic rings. The van der Waals surface area contributed by atoms with Gasteiger partial charge in [-0.05, 0) is 12.1 Å². The van der Waals surface area contributed by atoms with Crippen LogP contribution in [0.5, 0.6) is 0 Å². The second-order valence-electron chi connectivity index (χ2n) is 2.88. The Labute approximate surface area is 75.8 Å². The molecule has 0 fully saturated rings. The molecule has 0 saturated carbocycles. The molecule has 0 bridgehead atoms. The summed E-state index contributed by atoms with van der Waals surface area (Å²) in [4.78, 5) is 4.22. The van der Waals surface area contributed by atoms with Gasteiger partial charge in [-0.2, -0.15) is 0 Å². The molecular weight excluding hydrogens is 164 g/mol. The molecule has 3 heteroatoms. The van der Waals surface area contributed by atoms with Crippen LogP contribution in [0.4, 0.5) is 5.69 Å². The summed E-state index contributed by atoms with van der Waals surface area (Å²) in [6.07, 6.45) is 0. The molecule has 0 aliphatic carbocycles. The van der Waals surface area contributed by atoms with Crippen LogP contribution in [0.2, 0.25) is 0 Å². The number of hydrogen-bond acceptors (Lipinski definition) is 3. The van der Waals surface area contributed by atoms with Crippen LogP contribution in [0.3, 0.4) is 0 Å². The second kappa shape index (κ2) is 3.03. The number of aliphatic hydroxyl groups is 1. The van der Waals surface area contributed by atoms with Crippen LogP contribution >= 0.6 is 0 Å². The number of aliphatic hydroxyl groups excluding tert-OH is 1. The number of pyridine rings is 1. The molecule has 1 aromatic heterocycles. The largest absolute Gasteiger partial charge is 0.398 e. The Balaban J connectivity index is 2.77. The standard InChI is InChI=1S/C10H10N2O/c11-9-5-7(6-13)12-10-4-2-1-3-8(9)10/h1-5,13H,6H2,(H2,11,12). The van der Waals surface area contributed by atoms with Gasteiger partial charge in [-0.1, -0.05) is 18.2 Å². The van der Waals surface area contributed by atoms with Gasteiger partial charge in [0.2, 0.25) is 0 Å². The minimum absolute atomic E-state index is 0.0744. The Kier molecular flexibility index (Phi) is 1.87. The van der Waals surface area contributed by atoms with E-state index < -0.39 is 0 Å². The smallest absolute Gasteiger partial charge is 0.0854 e. The highest BCUT2D eigenvalue weighted by atomic mass is 16.3. The average Bonchev–Trinajstić information content (AvgIpc) is 2.18. The zero-order chi connectivity index (χ0) is 9.26. The van der Waals surface area contributed by atoms with Crippen LogP contribution < -0.4 is 5.73 Å². The lowest BCUT2D eigenvalue weighted by Crippen LogP contribution is -1.94. The summed E-state index contributed by atoms with van der Waals surface area (Å²) < 4.78 is 0. The van der Waals surface area contributed by atoms with Crippen molar-refractivity contribution in [3.05, 3.63) is 36.0 Å². The van der Waals surface area contributed by atoms with Crippen molar-refractivity contribution in [2.45, 2.75) is 6.61 Å². The number of nitrogens with two attached hydrogens (primary N) is 1. The molecule has 3 nitrogen and oxygen atoms in total. The van der Waals surface area contributed by atoms with Crippen molar-refractivity contribution in [1.82, 2.24) is 4.98 Å². The fourth-order valence-electron chi connectivity index (χ4n) is 1.34. The van der Waals surface area contributed by atoms with Crippen LogP contribution in [0.25, 0.3) is 10.9 Å². The molecule has 66 valence electrons. The number of nitrogens with zero attached hydrogens (tertiary/aromatic N) is 1. The molecule has 0 atom stereocenters.